The van der Waals surface area contributed by atoms with Crippen LogP contribution >= 0.6 is 24.8 Å². The Bertz CT molecular complexity index is 1970. The molecule has 11 nitrogen and oxygen atoms in total. The van der Waals surface area contributed by atoms with Crippen LogP contribution in [0.2, 0.25) is 0 Å². The smallest absolute Gasteiger partial charge is 0.261 e. The van der Waals surface area contributed by atoms with Crippen LogP contribution in [0.4, 0.5) is 11.4 Å². The van der Waals surface area contributed by atoms with E-state index in [0.717, 1.165) is 29.8 Å². The Kier molecular flexibility index (Phi) is 12.0. The van der Waals surface area contributed by atoms with Crippen LogP contribution in [0.5, 0.6) is 5.75 Å². The van der Waals surface area contributed by atoms with E-state index in [-0.39, 0.29) is 42.2 Å². The summed E-state index contributed by atoms with van der Waals surface area (Å²) in [6.07, 6.45) is 8.10. The fourth-order valence-corrected chi connectivity index (χ4v) is 5.90. The van der Waals surface area contributed by atoms with Gasteiger partial charge in [-0.2, -0.15) is 0 Å². The number of rotatable bonds is 12. The number of aryl methyl sites for hydroxylation is 2. The number of carbonyl (C=O) groups is 2. The Morgan fingerprint density at radius 2 is 1.80 bits per heavy atom. The number of amides is 2. The van der Waals surface area contributed by atoms with Gasteiger partial charge in [-0.05, 0) is 81.8 Å². The molecule has 0 saturated carbocycles. The van der Waals surface area contributed by atoms with Gasteiger partial charge in [0.1, 0.15) is 28.8 Å². The van der Waals surface area contributed by atoms with Crippen LogP contribution in [-0.2, 0) is 29.1 Å². The van der Waals surface area contributed by atoms with Gasteiger partial charge in [0.15, 0.2) is 0 Å². The summed E-state index contributed by atoms with van der Waals surface area (Å²) < 4.78 is 18.7. The number of ether oxygens (including phenoxy) is 1. The first kappa shape index (κ1) is 37.2. The van der Waals surface area contributed by atoms with E-state index in [2.05, 4.69) is 16.4 Å². The lowest BCUT2D eigenvalue weighted by Gasteiger charge is -2.27. The molecule has 0 saturated heterocycles. The van der Waals surface area contributed by atoms with E-state index in [9.17, 15) is 14.4 Å². The van der Waals surface area contributed by atoms with Gasteiger partial charge in [0, 0.05) is 57.3 Å². The lowest BCUT2D eigenvalue weighted by Crippen LogP contribution is -2.47. The van der Waals surface area contributed by atoms with Crippen molar-refractivity contribution in [1.29, 1.82) is 0 Å². The number of nitrogens with one attached hydrogen (secondary N) is 1. The fourth-order valence-electron chi connectivity index (χ4n) is 5.90. The van der Waals surface area contributed by atoms with Crippen LogP contribution < -0.4 is 25.4 Å². The number of pyridine rings is 2. The summed E-state index contributed by atoms with van der Waals surface area (Å²) in [6.45, 7) is 8.13. The zero-order valence-electron chi connectivity index (χ0n) is 27.9. The minimum Gasteiger partial charge on any atom is -0.493 e. The minimum atomic E-state index is -1.15. The molecule has 260 valence electrons. The number of carbonyl (C=O) groups excluding carboxylic acids is 2. The van der Waals surface area contributed by atoms with Crippen LogP contribution in [-0.4, -0.2) is 48.1 Å². The number of fused-ring (bicyclic) bond motifs is 2. The van der Waals surface area contributed by atoms with Gasteiger partial charge in [-0.25, -0.2) is 0 Å². The lowest BCUT2D eigenvalue weighted by molar-refractivity contribution is -0.137. The van der Waals surface area contributed by atoms with Crippen molar-refractivity contribution in [3.8, 4) is 17.1 Å². The molecule has 1 aliphatic heterocycles. The Morgan fingerprint density at radius 3 is 2.55 bits per heavy atom. The first-order chi connectivity index (χ1) is 22.7. The maximum absolute atomic E-state index is 13.1. The second-order valence-electron chi connectivity index (χ2n) is 12.2. The number of anilines is 2. The average Bonchev–Trinajstić information content (AvgIpc) is 3.76. The highest BCUT2D eigenvalue weighted by atomic mass is 35.5. The van der Waals surface area contributed by atoms with Crippen molar-refractivity contribution in [1.82, 2.24) is 14.9 Å². The zero-order chi connectivity index (χ0) is 33.1. The van der Waals surface area contributed by atoms with E-state index < -0.39 is 5.41 Å². The predicted molar refractivity (Wildman–Crippen MR) is 194 cm³/mol. The van der Waals surface area contributed by atoms with Crippen molar-refractivity contribution in [2.45, 2.75) is 46.7 Å². The molecule has 0 bridgehead atoms. The Hall–Kier alpha value is -4.58. The summed E-state index contributed by atoms with van der Waals surface area (Å²) in [4.78, 5) is 47.0. The topological polar surface area (TPSA) is 123 Å². The second-order valence-corrected chi connectivity index (χ2v) is 12.2. The van der Waals surface area contributed by atoms with Crippen LogP contribution in [0.1, 0.15) is 38.4 Å². The van der Waals surface area contributed by atoms with Gasteiger partial charge in [0.2, 0.25) is 11.8 Å². The molecule has 1 aromatic carbocycles. The van der Waals surface area contributed by atoms with E-state index in [1.54, 1.807) is 72.3 Å². The largest absolute Gasteiger partial charge is 0.493 e. The molecule has 1 aliphatic rings. The van der Waals surface area contributed by atoms with Gasteiger partial charge < -0.3 is 33.3 Å². The zero-order valence-corrected chi connectivity index (χ0v) is 29.6. The van der Waals surface area contributed by atoms with Gasteiger partial charge in [-0.1, -0.05) is 0 Å². The van der Waals surface area contributed by atoms with Crippen LogP contribution in [0.3, 0.4) is 0 Å². The van der Waals surface area contributed by atoms with Crippen molar-refractivity contribution in [3.05, 3.63) is 95.1 Å². The molecule has 5 heterocycles. The number of hydrogen-bond acceptors (Lipinski definition) is 8. The summed E-state index contributed by atoms with van der Waals surface area (Å²) in [5, 5.41) is 3.99. The van der Waals surface area contributed by atoms with Crippen molar-refractivity contribution < 1.29 is 23.2 Å². The van der Waals surface area contributed by atoms with Crippen LogP contribution in [0, 0.1) is 5.41 Å². The van der Waals surface area contributed by atoms with Crippen molar-refractivity contribution in [2.24, 2.45) is 5.41 Å². The summed E-state index contributed by atoms with van der Waals surface area (Å²) in [5.74, 6) is 0.795. The Balaban J connectivity index is 0.00000270. The molecule has 0 spiro atoms. The molecule has 5 aromatic rings. The molecule has 0 unspecified atom stereocenters. The monoisotopic (exact) mass is 709 g/mol. The van der Waals surface area contributed by atoms with Gasteiger partial charge in [0.25, 0.3) is 5.56 Å². The third-order valence-corrected chi connectivity index (χ3v) is 8.58. The maximum Gasteiger partial charge on any atom is 0.261 e. The van der Waals surface area contributed by atoms with E-state index in [4.69, 9.17) is 13.6 Å². The lowest BCUT2D eigenvalue weighted by atomic mass is 9.90. The fraction of sp³-hybridized carbons (Fsp3) is 0.333. The van der Waals surface area contributed by atoms with E-state index in [1.165, 1.54) is 0 Å². The third kappa shape index (κ3) is 7.69. The molecule has 13 heteroatoms. The van der Waals surface area contributed by atoms with Crippen molar-refractivity contribution in [3.63, 3.8) is 0 Å². The number of hydrogen-bond donors (Lipinski definition) is 1. The Labute approximate surface area is 297 Å². The number of aromatic nitrogens is 2. The normalized spacial score (nSPS) is 13.9. The summed E-state index contributed by atoms with van der Waals surface area (Å²) in [6, 6.07) is 14.9. The highest BCUT2D eigenvalue weighted by Gasteiger charge is 2.45. The molecule has 0 radical (unpaired) electrons. The molecule has 0 aliphatic carbocycles. The minimum absolute atomic E-state index is 0. The van der Waals surface area contributed by atoms with Gasteiger partial charge in [0.05, 0.1) is 35.2 Å². The summed E-state index contributed by atoms with van der Waals surface area (Å²) >= 11 is 0. The first-order valence-electron chi connectivity index (χ1n) is 15.8. The van der Waals surface area contributed by atoms with Gasteiger partial charge in [-0.15, -0.1) is 24.8 Å². The maximum atomic E-state index is 13.1. The summed E-state index contributed by atoms with van der Waals surface area (Å²) in [7, 11) is 1.70. The molecular weight excluding hydrogens is 669 g/mol. The second kappa shape index (κ2) is 15.8. The molecule has 4 aromatic heterocycles. The van der Waals surface area contributed by atoms with Gasteiger partial charge in [-0.3, -0.25) is 19.4 Å². The Morgan fingerprint density at radius 1 is 0.980 bits per heavy atom. The number of halogens is 2. The van der Waals surface area contributed by atoms with E-state index in [1.807, 2.05) is 37.3 Å². The first-order valence-corrected chi connectivity index (χ1v) is 15.8. The molecule has 6 rings (SSSR count). The van der Waals surface area contributed by atoms with Crippen LogP contribution in [0.15, 0.2) is 87.1 Å². The average molecular weight is 711 g/mol. The van der Waals surface area contributed by atoms with E-state index in [0.29, 0.717) is 66.5 Å². The third-order valence-electron chi connectivity index (χ3n) is 8.58. The molecule has 0 fully saturated rings. The molecule has 2 amide bonds. The number of benzene rings is 1. The molecule has 49 heavy (non-hydrogen) atoms. The van der Waals surface area contributed by atoms with E-state index >= 15 is 0 Å². The van der Waals surface area contributed by atoms with Gasteiger partial charge >= 0.3 is 0 Å². The van der Waals surface area contributed by atoms with Crippen molar-refractivity contribution >= 4 is 59.0 Å². The predicted octanol–water partition coefficient (Wildman–Crippen LogP) is 6.25. The highest BCUT2D eigenvalue weighted by molar-refractivity contribution is 6.20. The quantitative estimate of drug-likeness (QED) is 0.119. The highest BCUT2D eigenvalue weighted by Crippen LogP contribution is 2.40. The molecular formula is C36H41Cl2N5O6. The number of nitrogens with zero attached hydrogens (tertiary/aromatic N) is 4. The number of furan rings is 2. The van der Waals surface area contributed by atoms with Crippen LogP contribution in [0.25, 0.3) is 22.3 Å². The van der Waals surface area contributed by atoms with Crippen molar-refractivity contribution in [2.75, 3.05) is 36.5 Å². The molecule has 0 atom stereocenters. The SMILES string of the molecule is CCN1C(=O)C(C)(C)C(=O)N(C)c2cc(OCCCNCc3ccnc(CCn4ccc5oc(-c6ccoc6)cc5c4=O)c3)ccc21.Cl.Cl. The standard InChI is InChI=1S/C36H39N5O6.2ClH/c1-5-41-29-8-7-27(20-30(29)39(4)34(43)36(2,3)35(41)44)46-17-6-13-37-22-24-9-14-38-26(19-24)10-15-40-16-11-31-28(33(40)42)21-32(47-31)25-12-18-45-23-25;;/h7-9,11-12,14,16,18-21,23,37H,5-6,10,13,15,17,22H2,1-4H3;2*1H. The molecule has 1 N–H and O–H groups in total. The summed E-state index contributed by atoms with van der Waals surface area (Å²) in [5.41, 5.74) is 3.47.